The van der Waals surface area contributed by atoms with Crippen LogP contribution in [0.4, 0.5) is 0 Å². The summed E-state index contributed by atoms with van der Waals surface area (Å²) in [7, 11) is 1.68. The first-order chi connectivity index (χ1) is 10.3. The second-order valence-corrected chi connectivity index (χ2v) is 6.18. The molecule has 0 unspecified atom stereocenters. The molecule has 2 atom stereocenters. The van der Waals surface area contributed by atoms with Gasteiger partial charge < -0.3 is 15.0 Å². The second-order valence-electron chi connectivity index (χ2n) is 6.18. The van der Waals surface area contributed by atoms with Gasteiger partial charge in [-0.3, -0.25) is 4.79 Å². The molecule has 0 spiro atoms. The van der Waals surface area contributed by atoms with E-state index >= 15 is 0 Å². The van der Waals surface area contributed by atoms with Crippen LogP contribution < -0.4 is 5.32 Å². The second kappa shape index (κ2) is 6.58. The van der Waals surface area contributed by atoms with Gasteiger partial charge in [0.15, 0.2) is 0 Å². The standard InChI is InChI=1S/C17H24N2O2/c1-21-12-13-3-2-4-14(9-13)17(20)19-7-5-15-10-18-11-16(15)6-8-19/h2-4,9,15-16,18H,5-8,10-12H2,1H3/t15-,16+. The number of fused-ring (bicyclic) bond motifs is 1. The van der Waals surface area contributed by atoms with Gasteiger partial charge in [0.25, 0.3) is 5.91 Å². The molecule has 2 fully saturated rings. The highest BCUT2D eigenvalue weighted by atomic mass is 16.5. The van der Waals surface area contributed by atoms with Crippen molar-refractivity contribution < 1.29 is 9.53 Å². The van der Waals surface area contributed by atoms with E-state index in [4.69, 9.17) is 4.74 Å². The van der Waals surface area contributed by atoms with Crippen LogP contribution in [0.2, 0.25) is 0 Å². The summed E-state index contributed by atoms with van der Waals surface area (Å²) < 4.78 is 5.15. The minimum absolute atomic E-state index is 0.167. The number of hydrogen-bond acceptors (Lipinski definition) is 3. The molecule has 1 N–H and O–H groups in total. The molecule has 114 valence electrons. The van der Waals surface area contributed by atoms with Crippen molar-refractivity contribution in [2.45, 2.75) is 19.4 Å². The number of nitrogens with one attached hydrogen (secondary N) is 1. The van der Waals surface area contributed by atoms with Gasteiger partial charge in [0.1, 0.15) is 0 Å². The van der Waals surface area contributed by atoms with Crippen molar-refractivity contribution >= 4 is 5.91 Å². The molecular weight excluding hydrogens is 264 g/mol. The van der Waals surface area contributed by atoms with E-state index in [0.29, 0.717) is 6.61 Å². The van der Waals surface area contributed by atoms with Crippen LogP contribution in [0, 0.1) is 11.8 Å². The SMILES string of the molecule is COCc1cccc(C(=O)N2CC[C@@H]3CNC[C@@H]3CC2)c1. The predicted molar refractivity (Wildman–Crippen MR) is 82.1 cm³/mol. The first kappa shape index (κ1) is 14.5. The van der Waals surface area contributed by atoms with Crippen molar-refractivity contribution in [2.75, 3.05) is 33.3 Å². The van der Waals surface area contributed by atoms with E-state index in [-0.39, 0.29) is 5.91 Å². The molecule has 21 heavy (non-hydrogen) atoms. The fourth-order valence-corrected chi connectivity index (χ4v) is 3.56. The number of ether oxygens (including phenoxy) is 1. The van der Waals surface area contributed by atoms with Crippen molar-refractivity contribution in [3.63, 3.8) is 0 Å². The monoisotopic (exact) mass is 288 g/mol. The van der Waals surface area contributed by atoms with Crippen LogP contribution in [0.3, 0.4) is 0 Å². The van der Waals surface area contributed by atoms with E-state index in [1.54, 1.807) is 7.11 Å². The first-order valence-corrected chi connectivity index (χ1v) is 7.86. The largest absolute Gasteiger partial charge is 0.380 e. The Morgan fingerprint density at radius 2 is 2.00 bits per heavy atom. The van der Waals surface area contributed by atoms with Crippen LogP contribution in [0.25, 0.3) is 0 Å². The van der Waals surface area contributed by atoms with Crippen molar-refractivity contribution in [3.05, 3.63) is 35.4 Å². The number of benzene rings is 1. The maximum atomic E-state index is 12.7. The predicted octanol–water partition coefficient (Wildman–Crippen LogP) is 1.90. The number of carbonyl (C=O) groups is 1. The Balaban J connectivity index is 1.68. The number of rotatable bonds is 3. The molecule has 2 heterocycles. The van der Waals surface area contributed by atoms with Gasteiger partial charge in [-0.25, -0.2) is 0 Å². The van der Waals surface area contributed by atoms with Crippen molar-refractivity contribution in [1.82, 2.24) is 10.2 Å². The van der Waals surface area contributed by atoms with Crippen LogP contribution in [0.15, 0.2) is 24.3 Å². The Labute approximate surface area is 126 Å². The third kappa shape index (κ3) is 3.27. The van der Waals surface area contributed by atoms with E-state index in [0.717, 1.165) is 62.0 Å². The minimum atomic E-state index is 0.167. The van der Waals surface area contributed by atoms with E-state index < -0.39 is 0 Å². The Bertz CT molecular complexity index is 489. The number of nitrogens with zero attached hydrogens (tertiary/aromatic N) is 1. The summed E-state index contributed by atoms with van der Waals surface area (Å²) in [5.74, 6) is 1.67. The number of likely N-dealkylation sites (tertiary alicyclic amines) is 1. The lowest BCUT2D eigenvalue weighted by Crippen LogP contribution is -2.32. The lowest BCUT2D eigenvalue weighted by molar-refractivity contribution is 0.0758. The van der Waals surface area contributed by atoms with Crippen LogP contribution in [0.5, 0.6) is 0 Å². The average molecular weight is 288 g/mol. The Morgan fingerprint density at radius 1 is 1.29 bits per heavy atom. The van der Waals surface area contributed by atoms with Crippen molar-refractivity contribution in [2.24, 2.45) is 11.8 Å². The van der Waals surface area contributed by atoms with Gasteiger partial charge in [-0.15, -0.1) is 0 Å². The highest BCUT2D eigenvalue weighted by Crippen LogP contribution is 2.27. The fraction of sp³-hybridized carbons (Fsp3) is 0.588. The molecule has 4 heteroatoms. The first-order valence-electron chi connectivity index (χ1n) is 7.86. The molecule has 0 bridgehead atoms. The molecule has 0 aliphatic carbocycles. The summed E-state index contributed by atoms with van der Waals surface area (Å²) >= 11 is 0. The third-order valence-electron chi connectivity index (χ3n) is 4.79. The van der Waals surface area contributed by atoms with Crippen molar-refractivity contribution in [1.29, 1.82) is 0 Å². The molecule has 2 aliphatic heterocycles. The smallest absolute Gasteiger partial charge is 0.253 e. The van der Waals surface area contributed by atoms with E-state index in [1.807, 2.05) is 29.2 Å². The zero-order chi connectivity index (χ0) is 14.7. The summed E-state index contributed by atoms with van der Waals surface area (Å²) in [6.07, 6.45) is 2.25. The fourth-order valence-electron chi connectivity index (χ4n) is 3.56. The Morgan fingerprint density at radius 3 is 2.67 bits per heavy atom. The number of hydrogen-bond donors (Lipinski definition) is 1. The number of methoxy groups -OCH3 is 1. The summed E-state index contributed by atoms with van der Waals surface area (Å²) in [5, 5.41) is 3.47. The highest BCUT2D eigenvalue weighted by molar-refractivity contribution is 5.94. The molecule has 4 nitrogen and oxygen atoms in total. The summed E-state index contributed by atoms with van der Waals surface area (Å²) in [4.78, 5) is 14.7. The molecule has 2 aliphatic rings. The molecule has 2 saturated heterocycles. The van der Waals surface area contributed by atoms with Gasteiger partial charge in [-0.1, -0.05) is 12.1 Å². The molecule has 0 saturated carbocycles. The molecular formula is C17H24N2O2. The molecule has 1 aromatic rings. The molecule has 3 rings (SSSR count). The van der Waals surface area contributed by atoms with E-state index in [9.17, 15) is 4.79 Å². The van der Waals surface area contributed by atoms with E-state index in [1.165, 1.54) is 0 Å². The quantitative estimate of drug-likeness (QED) is 0.923. The summed E-state index contributed by atoms with van der Waals surface area (Å²) in [6, 6.07) is 7.81. The Kier molecular flexibility index (Phi) is 4.56. The zero-order valence-electron chi connectivity index (χ0n) is 12.7. The average Bonchev–Trinajstić information content (AvgIpc) is 2.86. The molecule has 0 aromatic heterocycles. The van der Waals surface area contributed by atoms with Gasteiger partial charge in [0.05, 0.1) is 6.61 Å². The summed E-state index contributed by atoms with van der Waals surface area (Å²) in [6.45, 7) is 4.56. The minimum Gasteiger partial charge on any atom is -0.380 e. The zero-order valence-corrected chi connectivity index (χ0v) is 12.7. The van der Waals surface area contributed by atoms with Crippen LogP contribution in [-0.4, -0.2) is 44.1 Å². The lowest BCUT2D eigenvalue weighted by atomic mass is 9.92. The number of amides is 1. The molecule has 1 aromatic carbocycles. The lowest BCUT2D eigenvalue weighted by Gasteiger charge is -2.21. The molecule has 0 radical (unpaired) electrons. The van der Waals surface area contributed by atoms with Crippen LogP contribution in [0.1, 0.15) is 28.8 Å². The third-order valence-corrected chi connectivity index (χ3v) is 4.79. The summed E-state index contributed by atoms with van der Waals surface area (Å²) in [5.41, 5.74) is 1.84. The number of carbonyl (C=O) groups excluding carboxylic acids is 1. The van der Waals surface area contributed by atoms with E-state index in [2.05, 4.69) is 5.32 Å². The van der Waals surface area contributed by atoms with Gasteiger partial charge >= 0.3 is 0 Å². The van der Waals surface area contributed by atoms with Gasteiger partial charge in [0.2, 0.25) is 0 Å². The van der Waals surface area contributed by atoms with Crippen molar-refractivity contribution in [3.8, 4) is 0 Å². The highest BCUT2D eigenvalue weighted by Gasteiger charge is 2.31. The Hall–Kier alpha value is -1.39. The van der Waals surface area contributed by atoms with Gasteiger partial charge in [-0.2, -0.15) is 0 Å². The maximum Gasteiger partial charge on any atom is 0.253 e. The van der Waals surface area contributed by atoms with Crippen LogP contribution >= 0.6 is 0 Å². The van der Waals surface area contributed by atoms with Gasteiger partial charge in [-0.05, 0) is 55.5 Å². The van der Waals surface area contributed by atoms with Gasteiger partial charge in [0, 0.05) is 25.8 Å². The topological polar surface area (TPSA) is 41.6 Å². The normalized spacial score (nSPS) is 25.5. The molecule has 1 amide bonds. The van der Waals surface area contributed by atoms with Crippen LogP contribution in [-0.2, 0) is 11.3 Å². The maximum absolute atomic E-state index is 12.7.